The van der Waals surface area contributed by atoms with Crippen molar-refractivity contribution in [3.63, 3.8) is 0 Å². The van der Waals surface area contributed by atoms with Crippen molar-refractivity contribution in [3.8, 4) is 11.5 Å². The molecule has 134 valence electrons. The second-order valence-electron chi connectivity index (χ2n) is 5.80. The summed E-state index contributed by atoms with van der Waals surface area (Å²) in [5.41, 5.74) is 0.528. The van der Waals surface area contributed by atoms with Gasteiger partial charge in [-0.2, -0.15) is 0 Å². The Morgan fingerprint density at radius 1 is 1.24 bits per heavy atom. The second kappa shape index (κ2) is 8.92. The third-order valence-corrected chi connectivity index (χ3v) is 3.74. The summed E-state index contributed by atoms with van der Waals surface area (Å²) in [6, 6.07) is 8.63. The molecule has 1 amide bonds. The molecule has 0 aliphatic heterocycles. The molecule has 0 radical (unpaired) electrons. The molecule has 0 fully saturated rings. The number of ketones is 1. The van der Waals surface area contributed by atoms with Crippen LogP contribution in [0, 0.1) is 0 Å². The van der Waals surface area contributed by atoms with Gasteiger partial charge >= 0.3 is 0 Å². The number of hydrogen-bond acceptors (Lipinski definition) is 5. The molecule has 0 aliphatic carbocycles. The van der Waals surface area contributed by atoms with Crippen molar-refractivity contribution in [2.24, 2.45) is 0 Å². The molecule has 25 heavy (non-hydrogen) atoms. The zero-order valence-electron chi connectivity index (χ0n) is 14.7. The quantitative estimate of drug-likeness (QED) is 0.707. The highest BCUT2D eigenvalue weighted by Crippen LogP contribution is 2.28. The van der Waals surface area contributed by atoms with E-state index in [1.165, 1.54) is 14.0 Å². The maximum absolute atomic E-state index is 12.0. The molecule has 0 spiro atoms. The Bertz CT molecular complexity index is 709. The largest absolute Gasteiger partial charge is 0.493 e. The highest BCUT2D eigenvalue weighted by molar-refractivity contribution is 5.94. The van der Waals surface area contributed by atoms with Crippen molar-refractivity contribution in [2.45, 2.75) is 32.7 Å². The number of rotatable bonds is 9. The van der Waals surface area contributed by atoms with E-state index in [0.717, 1.165) is 18.6 Å². The fourth-order valence-corrected chi connectivity index (χ4v) is 2.35. The standard InChI is InChI=1S/C19H23NO5/c1-13(6-8-16-5-4-10-24-16)20-19(22)12-25-17-9-7-15(14(2)21)11-18(17)23-3/h4-5,7,9-11,13H,6,8,12H2,1-3H3,(H,20,22). The molecular weight excluding hydrogens is 322 g/mol. The number of carbonyl (C=O) groups is 2. The van der Waals surface area contributed by atoms with Crippen LogP contribution in [0.2, 0.25) is 0 Å². The summed E-state index contributed by atoms with van der Waals surface area (Å²) in [6.45, 7) is 3.29. The van der Waals surface area contributed by atoms with Crippen LogP contribution in [0.3, 0.4) is 0 Å². The normalized spacial score (nSPS) is 11.6. The van der Waals surface area contributed by atoms with E-state index in [1.54, 1.807) is 24.5 Å². The lowest BCUT2D eigenvalue weighted by molar-refractivity contribution is -0.123. The molecule has 2 aromatic rings. The molecule has 2 rings (SSSR count). The van der Waals surface area contributed by atoms with Crippen LogP contribution >= 0.6 is 0 Å². The smallest absolute Gasteiger partial charge is 0.258 e. The molecule has 0 saturated heterocycles. The molecule has 1 aromatic carbocycles. The third kappa shape index (κ3) is 5.67. The number of carbonyl (C=O) groups excluding carboxylic acids is 2. The van der Waals surface area contributed by atoms with E-state index >= 15 is 0 Å². The van der Waals surface area contributed by atoms with Crippen LogP contribution in [-0.4, -0.2) is 31.4 Å². The highest BCUT2D eigenvalue weighted by Gasteiger charge is 2.12. The summed E-state index contributed by atoms with van der Waals surface area (Å²) < 4.78 is 16.0. The lowest BCUT2D eigenvalue weighted by Crippen LogP contribution is -2.36. The zero-order valence-corrected chi connectivity index (χ0v) is 14.7. The minimum atomic E-state index is -0.218. The van der Waals surface area contributed by atoms with Crippen molar-refractivity contribution in [1.29, 1.82) is 0 Å². The van der Waals surface area contributed by atoms with Crippen LogP contribution in [0.1, 0.15) is 36.4 Å². The molecule has 1 aromatic heterocycles. The van der Waals surface area contributed by atoms with Gasteiger partial charge in [0.2, 0.25) is 0 Å². The average Bonchev–Trinajstić information content (AvgIpc) is 3.11. The molecule has 1 N–H and O–H groups in total. The van der Waals surface area contributed by atoms with Gasteiger partial charge in [-0.1, -0.05) is 0 Å². The van der Waals surface area contributed by atoms with Crippen LogP contribution in [0.4, 0.5) is 0 Å². The van der Waals surface area contributed by atoms with Gasteiger partial charge in [0.1, 0.15) is 5.76 Å². The maximum atomic E-state index is 12.0. The van der Waals surface area contributed by atoms with E-state index in [2.05, 4.69) is 5.32 Å². The number of aryl methyl sites for hydroxylation is 1. The Morgan fingerprint density at radius 3 is 2.68 bits per heavy atom. The Morgan fingerprint density at radius 2 is 2.04 bits per heavy atom. The minimum Gasteiger partial charge on any atom is -0.493 e. The van der Waals surface area contributed by atoms with E-state index in [9.17, 15) is 9.59 Å². The van der Waals surface area contributed by atoms with Crippen molar-refractivity contribution in [1.82, 2.24) is 5.32 Å². The van der Waals surface area contributed by atoms with Crippen molar-refractivity contribution < 1.29 is 23.5 Å². The maximum Gasteiger partial charge on any atom is 0.258 e. The summed E-state index contributed by atoms with van der Waals surface area (Å²) in [4.78, 5) is 23.4. The molecule has 0 bridgehead atoms. The van der Waals surface area contributed by atoms with Gasteiger partial charge in [0, 0.05) is 18.0 Å². The molecule has 1 heterocycles. The van der Waals surface area contributed by atoms with Crippen molar-refractivity contribution in [3.05, 3.63) is 47.9 Å². The van der Waals surface area contributed by atoms with E-state index in [1.807, 2.05) is 19.1 Å². The fraction of sp³-hybridized carbons (Fsp3) is 0.368. The molecule has 1 atom stereocenters. The first-order chi connectivity index (χ1) is 12.0. The number of benzene rings is 1. The van der Waals surface area contributed by atoms with E-state index in [0.29, 0.717) is 17.1 Å². The summed E-state index contributed by atoms with van der Waals surface area (Å²) >= 11 is 0. The number of hydrogen-bond donors (Lipinski definition) is 1. The lowest BCUT2D eigenvalue weighted by atomic mass is 10.1. The molecule has 1 unspecified atom stereocenters. The van der Waals surface area contributed by atoms with Gasteiger partial charge < -0.3 is 19.2 Å². The van der Waals surface area contributed by atoms with Gasteiger partial charge in [0.15, 0.2) is 23.9 Å². The SMILES string of the molecule is COc1cc(C(C)=O)ccc1OCC(=O)NC(C)CCc1ccco1. The number of amides is 1. The van der Waals surface area contributed by atoms with Crippen molar-refractivity contribution in [2.75, 3.05) is 13.7 Å². The first kappa shape index (κ1) is 18.6. The van der Waals surface area contributed by atoms with Crippen LogP contribution in [-0.2, 0) is 11.2 Å². The van der Waals surface area contributed by atoms with E-state index < -0.39 is 0 Å². The zero-order chi connectivity index (χ0) is 18.2. The van der Waals surface area contributed by atoms with E-state index in [4.69, 9.17) is 13.9 Å². The topological polar surface area (TPSA) is 77.8 Å². The Labute approximate surface area is 147 Å². The number of Topliss-reactive ketones (excluding diaryl/α,β-unsaturated/α-hetero) is 1. The first-order valence-corrected chi connectivity index (χ1v) is 8.13. The molecule has 6 nitrogen and oxygen atoms in total. The number of methoxy groups -OCH3 is 1. The van der Waals surface area contributed by atoms with Gasteiger partial charge in [0.05, 0.1) is 13.4 Å². The van der Waals surface area contributed by atoms with Crippen LogP contribution < -0.4 is 14.8 Å². The summed E-state index contributed by atoms with van der Waals surface area (Å²) in [5, 5.41) is 2.88. The van der Waals surface area contributed by atoms with Crippen LogP contribution in [0.5, 0.6) is 11.5 Å². The summed E-state index contributed by atoms with van der Waals surface area (Å²) in [5.74, 6) is 1.46. The van der Waals surface area contributed by atoms with Gasteiger partial charge in [0.25, 0.3) is 5.91 Å². The predicted octanol–water partition coefficient (Wildman–Crippen LogP) is 3.01. The number of nitrogens with one attached hydrogen (secondary N) is 1. The molecule has 0 aliphatic rings. The molecule has 6 heteroatoms. The highest BCUT2D eigenvalue weighted by atomic mass is 16.5. The average molecular weight is 345 g/mol. The fourth-order valence-electron chi connectivity index (χ4n) is 2.35. The molecular formula is C19H23NO5. The number of furan rings is 1. The first-order valence-electron chi connectivity index (χ1n) is 8.13. The van der Waals surface area contributed by atoms with E-state index in [-0.39, 0.29) is 24.3 Å². The summed E-state index contributed by atoms with van der Waals surface area (Å²) in [7, 11) is 1.49. The third-order valence-electron chi connectivity index (χ3n) is 3.74. The molecule has 0 saturated carbocycles. The Balaban J connectivity index is 1.81. The van der Waals surface area contributed by atoms with Gasteiger partial charge in [-0.3, -0.25) is 9.59 Å². The van der Waals surface area contributed by atoms with Gasteiger partial charge in [-0.25, -0.2) is 0 Å². The Kier molecular flexibility index (Phi) is 6.62. The number of ether oxygens (including phenoxy) is 2. The summed E-state index contributed by atoms with van der Waals surface area (Å²) in [6.07, 6.45) is 3.17. The van der Waals surface area contributed by atoms with Crippen LogP contribution in [0.15, 0.2) is 41.0 Å². The monoisotopic (exact) mass is 345 g/mol. The lowest BCUT2D eigenvalue weighted by Gasteiger charge is -2.15. The van der Waals surface area contributed by atoms with Crippen LogP contribution in [0.25, 0.3) is 0 Å². The van der Waals surface area contributed by atoms with Gasteiger partial charge in [-0.05, 0) is 50.6 Å². The van der Waals surface area contributed by atoms with Gasteiger partial charge in [-0.15, -0.1) is 0 Å². The Hall–Kier alpha value is -2.76. The predicted molar refractivity (Wildman–Crippen MR) is 93.1 cm³/mol. The minimum absolute atomic E-state index is 0.00295. The van der Waals surface area contributed by atoms with Crippen molar-refractivity contribution >= 4 is 11.7 Å². The second-order valence-corrected chi connectivity index (χ2v) is 5.80.